The third-order valence-corrected chi connectivity index (χ3v) is 4.57. The summed E-state index contributed by atoms with van der Waals surface area (Å²) in [6.07, 6.45) is 4.95. The van der Waals surface area contributed by atoms with Crippen LogP contribution >= 0.6 is 11.6 Å². The first kappa shape index (κ1) is 19.7. The summed E-state index contributed by atoms with van der Waals surface area (Å²) in [6.45, 7) is 0.775. The van der Waals surface area contributed by atoms with Gasteiger partial charge in [-0.05, 0) is 60.5 Å². The van der Waals surface area contributed by atoms with Crippen LogP contribution in [-0.2, 0) is 11.2 Å². The molecule has 3 rings (SSSR count). The van der Waals surface area contributed by atoms with E-state index in [-0.39, 0.29) is 11.8 Å². The van der Waals surface area contributed by atoms with Crippen molar-refractivity contribution in [1.29, 1.82) is 0 Å². The van der Waals surface area contributed by atoms with Crippen LogP contribution in [0.1, 0.15) is 22.3 Å². The third kappa shape index (κ3) is 5.72. The second-order valence-electron chi connectivity index (χ2n) is 6.37. The fourth-order valence-electron chi connectivity index (χ4n) is 2.77. The van der Waals surface area contributed by atoms with E-state index in [4.69, 9.17) is 11.6 Å². The molecule has 28 heavy (non-hydrogen) atoms. The molecule has 5 nitrogen and oxygen atoms in total. The zero-order valence-corrected chi connectivity index (χ0v) is 16.2. The first-order valence-corrected chi connectivity index (χ1v) is 9.52. The van der Waals surface area contributed by atoms with Crippen molar-refractivity contribution in [3.05, 3.63) is 89.2 Å². The maximum atomic E-state index is 12.2. The average molecular weight is 396 g/mol. The second kappa shape index (κ2) is 9.76. The fourth-order valence-corrected chi connectivity index (χ4v) is 2.89. The average Bonchev–Trinajstić information content (AvgIpc) is 3.25. The van der Waals surface area contributed by atoms with Gasteiger partial charge in [-0.15, -0.1) is 0 Å². The van der Waals surface area contributed by atoms with Gasteiger partial charge in [-0.2, -0.15) is 0 Å². The van der Waals surface area contributed by atoms with Gasteiger partial charge >= 0.3 is 0 Å². The van der Waals surface area contributed by atoms with E-state index in [0.717, 1.165) is 11.3 Å². The lowest BCUT2D eigenvalue weighted by Crippen LogP contribution is -2.34. The molecule has 3 aromatic rings. The number of amides is 2. The van der Waals surface area contributed by atoms with Crippen LogP contribution in [-0.4, -0.2) is 29.5 Å². The minimum absolute atomic E-state index is 0.0414. The number of carbonyl (C=O) groups is 2. The van der Waals surface area contributed by atoms with Gasteiger partial charge in [0.05, 0.1) is 0 Å². The summed E-state index contributed by atoms with van der Waals surface area (Å²) in [6, 6.07) is 18.7. The molecule has 0 aliphatic carbocycles. The summed E-state index contributed by atoms with van der Waals surface area (Å²) in [5, 5.41) is 6.31. The van der Waals surface area contributed by atoms with Crippen molar-refractivity contribution in [2.75, 3.05) is 13.1 Å². The van der Waals surface area contributed by atoms with Gasteiger partial charge in [-0.1, -0.05) is 23.7 Å². The van der Waals surface area contributed by atoms with Gasteiger partial charge in [0.2, 0.25) is 5.91 Å². The van der Waals surface area contributed by atoms with Gasteiger partial charge in [0.25, 0.3) is 5.91 Å². The molecule has 0 spiro atoms. The number of aromatic nitrogens is 1. The highest BCUT2D eigenvalue weighted by atomic mass is 35.5. The number of benzene rings is 2. The Morgan fingerprint density at radius 3 is 2.18 bits per heavy atom. The number of carbonyl (C=O) groups excluding carboxylic acids is 2. The van der Waals surface area contributed by atoms with E-state index in [1.807, 2.05) is 65.5 Å². The van der Waals surface area contributed by atoms with E-state index >= 15 is 0 Å². The monoisotopic (exact) mass is 395 g/mol. The first-order valence-electron chi connectivity index (χ1n) is 9.14. The molecule has 144 valence electrons. The highest BCUT2D eigenvalue weighted by Gasteiger charge is 2.06. The Labute approximate surface area is 169 Å². The van der Waals surface area contributed by atoms with E-state index < -0.39 is 0 Å². The third-order valence-electron chi connectivity index (χ3n) is 4.32. The van der Waals surface area contributed by atoms with Gasteiger partial charge in [0.1, 0.15) is 0 Å². The zero-order chi connectivity index (χ0) is 19.8. The standard InChI is InChI=1S/C22H22ClN3O2/c23-19-8-3-17(4-9-19)5-12-21(27)24-13-14-25-22(28)18-6-10-20(11-7-18)26-15-1-2-16-26/h1-4,6-11,15-16H,5,12-14H2,(H,24,27)(H,25,28). The topological polar surface area (TPSA) is 63.1 Å². The number of rotatable bonds is 8. The SMILES string of the molecule is O=C(CCc1ccc(Cl)cc1)NCCNC(=O)c1ccc(-n2cccc2)cc1. The predicted octanol–water partition coefficient (Wildman–Crippen LogP) is 3.61. The molecule has 0 fully saturated rings. The Morgan fingerprint density at radius 2 is 1.50 bits per heavy atom. The molecule has 2 N–H and O–H groups in total. The van der Waals surface area contributed by atoms with E-state index in [9.17, 15) is 9.59 Å². The van der Waals surface area contributed by atoms with Crippen molar-refractivity contribution in [3.63, 3.8) is 0 Å². The number of nitrogens with zero attached hydrogens (tertiary/aromatic N) is 1. The molecule has 1 aromatic heterocycles. The molecule has 0 aliphatic rings. The summed E-state index contributed by atoms with van der Waals surface area (Å²) in [5.41, 5.74) is 2.65. The first-order chi connectivity index (χ1) is 13.6. The Bertz CT molecular complexity index is 904. The fraction of sp³-hybridized carbons (Fsp3) is 0.182. The summed E-state index contributed by atoms with van der Waals surface area (Å²) in [7, 11) is 0. The van der Waals surface area contributed by atoms with E-state index in [1.165, 1.54) is 0 Å². The number of aryl methyl sites for hydroxylation is 1. The Morgan fingerprint density at radius 1 is 0.857 bits per heavy atom. The van der Waals surface area contributed by atoms with E-state index in [1.54, 1.807) is 12.1 Å². The Kier molecular flexibility index (Phi) is 6.87. The van der Waals surface area contributed by atoms with Crippen molar-refractivity contribution in [2.24, 2.45) is 0 Å². The molecule has 1 heterocycles. The van der Waals surface area contributed by atoms with Crippen molar-refractivity contribution in [3.8, 4) is 5.69 Å². The molecule has 6 heteroatoms. The normalized spacial score (nSPS) is 10.5. The Balaban J connectivity index is 1.35. The largest absolute Gasteiger partial charge is 0.354 e. The van der Waals surface area contributed by atoms with Crippen LogP contribution in [0.3, 0.4) is 0 Å². The lowest BCUT2D eigenvalue weighted by atomic mass is 10.1. The van der Waals surface area contributed by atoms with Crippen LogP contribution < -0.4 is 10.6 Å². The van der Waals surface area contributed by atoms with Gasteiger partial charge in [0.15, 0.2) is 0 Å². The van der Waals surface area contributed by atoms with Crippen molar-refractivity contribution in [2.45, 2.75) is 12.8 Å². The molecule has 0 saturated carbocycles. The predicted molar refractivity (Wildman–Crippen MR) is 111 cm³/mol. The van der Waals surface area contributed by atoms with Crippen LogP contribution in [0.4, 0.5) is 0 Å². The van der Waals surface area contributed by atoms with Crippen LogP contribution in [0.2, 0.25) is 5.02 Å². The molecule has 0 bridgehead atoms. The summed E-state index contributed by atoms with van der Waals surface area (Å²) < 4.78 is 1.97. The van der Waals surface area contributed by atoms with E-state index in [0.29, 0.717) is 36.5 Å². The lowest BCUT2D eigenvalue weighted by molar-refractivity contribution is -0.121. The molecule has 0 aliphatic heterocycles. The summed E-state index contributed by atoms with van der Waals surface area (Å²) >= 11 is 5.84. The summed E-state index contributed by atoms with van der Waals surface area (Å²) in [5.74, 6) is -0.199. The molecule has 0 saturated heterocycles. The maximum Gasteiger partial charge on any atom is 0.251 e. The number of hydrogen-bond donors (Lipinski definition) is 2. The molecular formula is C22H22ClN3O2. The molecule has 0 radical (unpaired) electrons. The van der Waals surface area contributed by atoms with E-state index in [2.05, 4.69) is 10.6 Å². The van der Waals surface area contributed by atoms with Gasteiger partial charge in [-0.25, -0.2) is 0 Å². The highest BCUT2D eigenvalue weighted by molar-refractivity contribution is 6.30. The second-order valence-corrected chi connectivity index (χ2v) is 6.81. The Hall–Kier alpha value is -3.05. The van der Waals surface area contributed by atoms with Crippen molar-refractivity contribution < 1.29 is 9.59 Å². The molecule has 2 aromatic carbocycles. The van der Waals surface area contributed by atoms with Crippen molar-refractivity contribution in [1.82, 2.24) is 15.2 Å². The van der Waals surface area contributed by atoms with Crippen LogP contribution in [0.25, 0.3) is 5.69 Å². The van der Waals surface area contributed by atoms with Crippen LogP contribution in [0.5, 0.6) is 0 Å². The van der Waals surface area contributed by atoms with Crippen LogP contribution in [0.15, 0.2) is 73.1 Å². The highest BCUT2D eigenvalue weighted by Crippen LogP contribution is 2.11. The van der Waals surface area contributed by atoms with Gasteiger partial charge in [0, 0.05) is 48.2 Å². The molecule has 0 atom stereocenters. The van der Waals surface area contributed by atoms with Gasteiger partial charge < -0.3 is 15.2 Å². The lowest BCUT2D eigenvalue weighted by Gasteiger charge is -2.08. The van der Waals surface area contributed by atoms with Crippen LogP contribution in [0, 0.1) is 0 Å². The maximum absolute atomic E-state index is 12.2. The van der Waals surface area contributed by atoms with Crippen molar-refractivity contribution >= 4 is 23.4 Å². The smallest absolute Gasteiger partial charge is 0.251 e. The molecule has 2 amide bonds. The number of hydrogen-bond acceptors (Lipinski definition) is 2. The van der Waals surface area contributed by atoms with Gasteiger partial charge in [-0.3, -0.25) is 9.59 Å². The molecular weight excluding hydrogens is 374 g/mol. The zero-order valence-electron chi connectivity index (χ0n) is 15.4. The minimum atomic E-state index is -0.158. The number of halogens is 1. The quantitative estimate of drug-likeness (QED) is 0.572. The number of nitrogens with one attached hydrogen (secondary N) is 2. The molecule has 0 unspecified atom stereocenters. The minimum Gasteiger partial charge on any atom is -0.354 e. The summed E-state index contributed by atoms with van der Waals surface area (Å²) in [4.78, 5) is 24.1.